The first kappa shape index (κ1) is 15.3. The highest BCUT2D eigenvalue weighted by atomic mass is 79.9. The SMILES string of the molecule is Cc1cc(Br)cc(C)c1NC(=O)CSc1nnc(N)s1. The Morgan fingerprint density at radius 2 is 2.05 bits per heavy atom. The van der Waals surface area contributed by atoms with Gasteiger partial charge in [-0.15, -0.1) is 10.2 Å². The van der Waals surface area contributed by atoms with E-state index in [2.05, 4.69) is 31.4 Å². The van der Waals surface area contributed by atoms with Gasteiger partial charge in [0.25, 0.3) is 0 Å². The Hall–Kier alpha value is -1.12. The number of hydrogen-bond acceptors (Lipinski definition) is 6. The second-order valence-electron chi connectivity index (χ2n) is 4.16. The van der Waals surface area contributed by atoms with Crippen LogP contribution < -0.4 is 11.1 Å². The van der Waals surface area contributed by atoms with Crippen LogP contribution in [0.25, 0.3) is 0 Å². The molecule has 0 aliphatic rings. The summed E-state index contributed by atoms with van der Waals surface area (Å²) in [6, 6.07) is 3.95. The van der Waals surface area contributed by atoms with Crippen molar-refractivity contribution in [3.8, 4) is 0 Å². The summed E-state index contributed by atoms with van der Waals surface area (Å²) in [5.74, 6) is 0.209. The number of aryl methyl sites for hydroxylation is 2. The molecule has 0 unspecified atom stereocenters. The molecule has 0 aliphatic carbocycles. The number of hydrogen-bond donors (Lipinski definition) is 2. The normalized spacial score (nSPS) is 10.6. The van der Waals surface area contributed by atoms with Gasteiger partial charge in [-0.1, -0.05) is 39.0 Å². The van der Waals surface area contributed by atoms with Gasteiger partial charge < -0.3 is 11.1 Å². The van der Waals surface area contributed by atoms with Crippen molar-refractivity contribution in [1.29, 1.82) is 0 Å². The zero-order valence-electron chi connectivity index (χ0n) is 10.9. The number of amides is 1. The van der Waals surface area contributed by atoms with Crippen LogP contribution in [0, 0.1) is 13.8 Å². The summed E-state index contributed by atoms with van der Waals surface area (Å²) in [6.45, 7) is 3.93. The lowest BCUT2D eigenvalue weighted by molar-refractivity contribution is -0.113. The highest BCUT2D eigenvalue weighted by Crippen LogP contribution is 2.26. The van der Waals surface area contributed by atoms with Crippen LogP contribution in [0.3, 0.4) is 0 Å². The van der Waals surface area contributed by atoms with E-state index in [4.69, 9.17) is 5.73 Å². The Morgan fingerprint density at radius 1 is 1.40 bits per heavy atom. The minimum atomic E-state index is -0.0720. The lowest BCUT2D eigenvalue weighted by Gasteiger charge is -2.11. The molecule has 0 atom stereocenters. The van der Waals surface area contributed by atoms with Gasteiger partial charge in [0.15, 0.2) is 4.34 Å². The summed E-state index contributed by atoms with van der Waals surface area (Å²) in [6.07, 6.45) is 0. The molecule has 1 heterocycles. The van der Waals surface area contributed by atoms with Crippen molar-refractivity contribution in [2.75, 3.05) is 16.8 Å². The topological polar surface area (TPSA) is 80.9 Å². The minimum Gasteiger partial charge on any atom is -0.374 e. The smallest absolute Gasteiger partial charge is 0.234 e. The number of thioether (sulfide) groups is 1. The van der Waals surface area contributed by atoms with Crippen LogP contribution >= 0.6 is 39.0 Å². The van der Waals surface area contributed by atoms with Crippen molar-refractivity contribution in [2.24, 2.45) is 0 Å². The molecule has 0 spiro atoms. The number of carbonyl (C=O) groups excluding carboxylic acids is 1. The average Bonchev–Trinajstić information content (AvgIpc) is 2.77. The molecule has 1 aromatic heterocycles. The molecule has 2 aromatic rings. The number of nitrogen functional groups attached to an aromatic ring is 1. The van der Waals surface area contributed by atoms with E-state index in [1.54, 1.807) is 0 Å². The van der Waals surface area contributed by atoms with Crippen molar-refractivity contribution in [3.63, 3.8) is 0 Å². The fourth-order valence-corrected chi connectivity index (χ4v) is 3.81. The predicted molar refractivity (Wildman–Crippen MR) is 87.3 cm³/mol. The Morgan fingerprint density at radius 3 is 2.60 bits per heavy atom. The molecule has 0 saturated heterocycles. The fraction of sp³-hybridized carbons (Fsp3) is 0.250. The largest absolute Gasteiger partial charge is 0.374 e. The summed E-state index contributed by atoms with van der Waals surface area (Å²) in [4.78, 5) is 12.0. The van der Waals surface area contributed by atoms with E-state index < -0.39 is 0 Å². The number of aromatic nitrogens is 2. The number of anilines is 2. The maximum atomic E-state index is 12.0. The average molecular weight is 373 g/mol. The molecule has 0 radical (unpaired) electrons. The number of carbonyl (C=O) groups is 1. The van der Waals surface area contributed by atoms with Gasteiger partial charge in [-0.3, -0.25) is 4.79 Å². The molecule has 106 valence electrons. The van der Waals surface area contributed by atoms with Crippen LogP contribution in [0.1, 0.15) is 11.1 Å². The number of benzene rings is 1. The number of rotatable bonds is 4. The molecule has 8 heteroatoms. The van der Waals surface area contributed by atoms with Crippen molar-refractivity contribution >= 4 is 55.8 Å². The summed E-state index contributed by atoms with van der Waals surface area (Å²) in [5, 5.41) is 10.9. The summed E-state index contributed by atoms with van der Waals surface area (Å²) < 4.78 is 1.70. The van der Waals surface area contributed by atoms with Crippen molar-refractivity contribution in [2.45, 2.75) is 18.2 Å². The maximum absolute atomic E-state index is 12.0. The molecular weight excluding hydrogens is 360 g/mol. The molecular formula is C12H13BrN4OS2. The summed E-state index contributed by atoms with van der Waals surface area (Å²) >= 11 is 6.04. The molecule has 1 aromatic carbocycles. The summed E-state index contributed by atoms with van der Waals surface area (Å²) in [7, 11) is 0. The van der Waals surface area contributed by atoms with Crippen LogP contribution in [0.15, 0.2) is 20.9 Å². The van der Waals surface area contributed by atoms with Crippen LogP contribution in [0.5, 0.6) is 0 Å². The summed E-state index contributed by atoms with van der Waals surface area (Å²) in [5.41, 5.74) is 8.39. The van der Waals surface area contributed by atoms with E-state index in [0.29, 0.717) is 9.47 Å². The van der Waals surface area contributed by atoms with Crippen LogP contribution in [0.4, 0.5) is 10.8 Å². The highest BCUT2D eigenvalue weighted by Gasteiger charge is 2.10. The molecule has 0 bridgehead atoms. The molecule has 5 nitrogen and oxygen atoms in total. The molecule has 20 heavy (non-hydrogen) atoms. The third kappa shape index (κ3) is 3.94. The Kier molecular flexibility index (Phi) is 5.00. The second-order valence-corrected chi connectivity index (χ2v) is 7.30. The van der Waals surface area contributed by atoms with Gasteiger partial charge in [0, 0.05) is 10.2 Å². The van der Waals surface area contributed by atoms with Gasteiger partial charge in [0.1, 0.15) is 0 Å². The number of nitrogens with two attached hydrogens (primary N) is 1. The first-order chi connectivity index (χ1) is 9.45. The lowest BCUT2D eigenvalue weighted by atomic mass is 10.1. The first-order valence-electron chi connectivity index (χ1n) is 5.74. The van der Waals surface area contributed by atoms with Gasteiger partial charge in [-0.05, 0) is 37.1 Å². The molecule has 0 fully saturated rings. The predicted octanol–water partition coefficient (Wildman–Crippen LogP) is 3.23. The molecule has 0 saturated carbocycles. The van der Waals surface area contributed by atoms with E-state index in [-0.39, 0.29) is 11.7 Å². The van der Waals surface area contributed by atoms with Gasteiger partial charge in [0.05, 0.1) is 5.75 Å². The van der Waals surface area contributed by atoms with Gasteiger partial charge >= 0.3 is 0 Å². The minimum absolute atomic E-state index is 0.0720. The Labute approximate surface area is 133 Å². The van der Waals surface area contributed by atoms with Crippen molar-refractivity contribution < 1.29 is 4.79 Å². The lowest BCUT2D eigenvalue weighted by Crippen LogP contribution is -2.15. The molecule has 2 rings (SSSR count). The van der Waals surface area contributed by atoms with E-state index >= 15 is 0 Å². The zero-order chi connectivity index (χ0) is 14.7. The molecule has 1 amide bonds. The number of nitrogens with zero attached hydrogens (tertiary/aromatic N) is 2. The Bertz CT molecular complexity index is 621. The van der Waals surface area contributed by atoms with E-state index in [1.165, 1.54) is 23.1 Å². The van der Waals surface area contributed by atoms with E-state index in [9.17, 15) is 4.79 Å². The van der Waals surface area contributed by atoms with E-state index in [1.807, 2.05) is 26.0 Å². The van der Waals surface area contributed by atoms with Gasteiger partial charge in [0.2, 0.25) is 11.0 Å². The number of halogens is 1. The monoisotopic (exact) mass is 372 g/mol. The fourth-order valence-electron chi connectivity index (χ4n) is 1.69. The molecule has 0 aliphatic heterocycles. The van der Waals surface area contributed by atoms with Crippen LogP contribution in [0.2, 0.25) is 0 Å². The third-order valence-corrected chi connectivity index (χ3v) is 4.85. The third-order valence-electron chi connectivity index (χ3n) is 2.51. The van der Waals surface area contributed by atoms with Crippen molar-refractivity contribution in [3.05, 3.63) is 27.7 Å². The highest BCUT2D eigenvalue weighted by molar-refractivity contribution is 9.10. The standard InChI is InChI=1S/C12H13BrN4OS2/c1-6-3-8(13)4-7(2)10(6)15-9(18)5-19-12-17-16-11(14)20-12/h3-4H,5H2,1-2H3,(H2,14,16)(H,15,18). The first-order valence-corrected chi connectivity index (χ1v) is 8.33. The van der Waals surface area contributed by atoms with E-state index in [0.717, 1.165) is 21.3 Å². The van der Waals surface area contributed by atoms with Gasteiger partial charge in [-0.25, -0.2) is 0 Å². The van der Waals surface area contributed by atoms with Crippen LogP contribution in [-0.2, 0) is 4.79 Å². The second kappa shape index (κ2) is 6.55. The number of nitrogens with one attached hydrogen (secondary N) is 1. The zero-order valence-corrected chi connectivity index (χ0v) is 14.2. The van der Waals surface area contributed by atoms with Crippen molar-refractivity contribution in [1.82, 2.24) is 10.2 Å². The molecule has 3 N–H and O–H groups in total. The Balaban J connectivity index is 1.98. The van der Waals surface area contributed by atoms with Gasteiger partial charge in [-0.2, -0.15) is 0 Å². The quantitative estimate of drug-likeness (QED) is 0.805. The maximum Gasteiger partial charge on any atom is 0.234 e. The van der Waals surface area contributed by atoms with Crippen LogP contribution in [-0.4, -0.2) is 21.9 Å².